The summed E-state index contributed by atoms with van der Waals surface area (Å²) >= 11 is 5.98. The van der Waals surface area contributed by atoms with Crippen molar-refractivity contribution in [3.63, 3.8) is 0 Å². The fraction of sp³-hybridized carbons (Fsp3) is 0. The molecule has 0 aliphatic rings. The van der Waals surface area contributed by atoms with E-state index in [1.54, 1.807) is 8.05 Å². The minimum atomic E-state index is -0.425. The van der Waals surface area contributed by atoms with Crippen LogP contribution in [0.2, 0.25) is 5.02 Å². The van der Waals surface area contributed by atoms with E-state index in [9.17, 15) is 0 Å². The fourth-order valence-electron chi connectivity index (χ4n) is 2.62. The summed E-state index contributed by atoms with van der Waals surface area (Å²) in [6.07, 6.45) is 0. The third kappa shape index (κ3) is 4.12. The molecular formula is C22H15ClSeTe. The molecule has 3 aromatic carbocycles. The van der Waals surface area contributed by atoms with Gasteiger partial charge in [-0.2, -0.15) is 0 Å². The van der Waals surface area contributed by atoms with E-state index >= 15 is 0 Å². The predicted molar refractivity (Wildman–Crippen MR) is 111 cm³/mol. The van der Waals surface area contributed by atoms with Crippen molar-refractivity contribution in [3.8, 4) is 20.0 Å². The maximum absolute atomic E-state index is 6.05. The molecule has 4 rings (SSSR count). The second-order valence-corrected chi connectivity index (χ2v) is 11.4. The Bertz CT molecular complexity index is 960. The van der Waals surface area contributed by atoms with Crippen molar-refractivity contribution in [2.45, 2.75) is 0 Å². The molecule has 25 heavy (non-hydrogen) atoms. The van der Waals surface area contributed by atoms with Crippen LogP contribution in [0.3, 0.4) is 0 Å². The van der Waals surface area contributed by atoms with Gasteiger partial charge in [0.1, 0.15) is 0 Å². The third-order valence-electron chi connectivity index (χ3n) is 3.83. The standard InChI is InChI=1S/C22H15ClSeTe/c23-18-11-13-19(14-12-18)25-21-15-20(16-7-3-1-4-8-16)24-22(21)17-9-5-2-6-10-17/h1-15H. The second-order valence-electron chi connectivity index (χ2n) is 5.59. The van der Waals surface area contributed by atoms with Crippen LogP contribution < -0.4 is 7.22 Å². The maximum atomic E-state index is 6.05. The Hall–Kier alpha value is -1.26. The zero-order valence-electron chi connectivity index (χ0n) is 13.4. The number of benzene rings is 3. The van der Waals surface area contributed by atoms with Crippen LogP contribution >= 0.6 is 11.6 Å². The van der Waals surface area contributed by atoms with Gasteiger partial charge in [0.15, 0.2) is 0 Å². The summed E-state index contributed by atoms with van der Waals surface area (Å²) in [5, 5.41) is 0.810. The molecule has 0 spiro atoms. The van der Waals surface area contributed by atoms with Crippen molar-refractivity contribution < 1.29 is 0 Å². The number of hydrogen-bond donors (Lipinski definition) is 0. The predicted octanol–water partition coefficient (Wildman–Crippen LogP) is 4.39. The quantitative estimate of drug-likeness (QED) is 0.350. The van der Waals surface area contributed by atoms with Gasteiger partial charge in [-0.25, -0.2) is 0 Å². The van der Waals surface area contributed by atoms with Crippen molar-refractivity contribution in [1.29, 1.82) is 0 Å². The normalized spacial score (nSPS) is 10.8. The van der Waals surface area contributed by atoms with Crippen LogP contribution in [0.1, 0.15) is 0 Å². The van der Waals surface area contributed by atoms with Crippen molar-refractivity contribution in [2.24, 2.45) is 0 Å². The van der Waals surface area contributed by atoms with Gasteiger partial charge in [-0.05, 0) is 0 Å². The van der Waals surface area contributed by atoms with E-state index in [4.69, 9.17) is 11.6 Å². The van der Waals surface area contributed by atoms with E-state index in [2.05, 4.69) is 78.9 Å². The first-order chi connectivity index (χ1) is 12.3. The number of hydrogen-bond acceptors (Lipinski definition) is 0. The zero-order chi connectivity index (χ0) is 17.1. The van der Waals surface area contributed by atoms with Crippen LogP contribution in [0.25, 0.3) is 20.0 Å². The van der Waals surface area contributed by atoms with E-state index in [0.717, 1.165) is 5.02 Å². The second kappa shape index (κ2) is 7.96. The van der Waals surface area contributed by atoms with Gasteiger partial charge in [-0.1, -0.05) is 0 Å². The molecule has 0 unspecified atom stereocenters. The summed E-state index contributed by atoms with van der Waals surface area (Å²) in [7, 11) is 0. The molecule has 1 aromatic heterocycles. The van der Waals surface area contributed by atoms with Crippen LogP contribution in [-0.4, -0.2) is 35.4 Å². The molecule has 0 nitrogen and oxygen atoms in total. The van der Waals surface area contributed by atoms with Gasteiger partial charge in [0.05, 0.1) is 0 Å². The van der Waals surface area contributed by atoms with E-state index in [1.807, 2.05) is 12.1 Å². The van der Waals surface area contributed by atoms with E-state index in [-0.39, 0.29) is 0 Å². The SMILES string of the molecule is Clc1ccc([Te]c2cc(-c3ccccc3)[se]c2-c2ccccc2)cc1. The van der Waals surface area contributed by atoms with Crippen LogP contribution in [-0.2, 0) is 0 Å². The van der Waals surface area contributed by atoms with Crippen molar-refractivity contribution in [2.75, 3.05) is 0 Å². The molecule has 0 radical (unpaired) electrons. The average molecular weight is 521 g/mol. The van der Waals surface area contributed by atoms with Gasteiger partial charge >= 0.3 is 170 Å². The summed E-state index contributed by atoms with van der Waals surface area (Å²) < 4.78 is 6.02. The molecule has 0 fully saturated rings. The van der Waals surface area contributed by atoms with Gasteiger partial charge < -0.3 is 0 Å². The molecule has 0 aliphatic heterocycles. The number of rotatable bonds is 4. The molecule has 0 saturated heterocycles. The molecule has 0 bridgehead atoms. The van der Waals surface area contributed by atoms with Crippen LogP contribution in [0.15, 0.2) is 91.0 Å². The molecule has 0 aliphatic carbocycles. The van der Waals surface area contributed by atoms with Crippen molar-refractivity contribution in [3.05, 3.63) is 96.0 Å². The molecule has 0 atom stereocenters. The van der Waals surface area contributed by atoms with Gasteiger partial charge in [0.2, 0.25) is 0 Å². The third-order valence-corrected chi connectivity index (χ3v) is 10.6. The summed E-state index contributed by atoms with van der Waals surface area (Å²) in [6.45, 7) is 0. The fourth-order valence-corrected chi connectivity index (χ4v) is 9.31. The molecule has 122 valence electrons. The molecule has 0 saturated carbocycles. The Balaban J connectivity index is 1.78. The first-order valence-electron chi connectivity index (χ1n) is 7.98. The van der Waals surface area contributed by atoms with E-state index in [1.165, 1.54) is 19.2 Å². The van der Waals surface area contributed by atoms with Gasteiger partial charge in [0.25, 0.3) is 0 Å². The Morgan fingerprint density at radius 2 is 1.28 bits per heavy atom. The van der Waals surface area contributed by atoms with Crippen molar-refractivity contribution in [1.82, 2.24) is 0 Å². The summed E-state index contributed by atoms with van der Waals surface area (Å²) in [5.41, 5.74) is 2.73. The van der Waals surface area contributed by atoms with E-state index < -0.39 is 20.9 Å². The van der Waals surface area contributed by atoms with Gasteiger partial charge in [0, 0.05) is 0 Å². The molecule has 0 amide bonds. The van der Waals surface area contributed by atoms with Gasteiger partial charge in [-0.3, -0.25) is 0 Å². The Morgan fingerprint density at radius 3 is 1.92 bits per heavy atom. The molecule has 0 N–H and O–H groups in total. The first kappa shape index (κ1) is 17.2. The summed E-state index contributed by atoms with van der Waals surface area (Å²) in [6, 6.07) is 32.5. The summed E-state index contributed by atoms with van der Waals surface area (Å²) in [4.78, 5) is 0. The zero-order valence-corrected chi connectivity index (χ0v) is 18.2. The van der Waals surface area contributed by atoms with Gasteiger partial charge in [-0.15, -0.1) is 0 Å². The molecule has 3 heteroatoms. The Morgan fingerprint density at radius 1 is 0.680 bits per heavy atom. The minimum absolute atomic E-state index is 0.356. The first-order valence-corrected chi connectivity index (χ1v) is 12.4. The monoisotopic (exact) mass is 524 g/mol. The van der Waals surface area contributed by atoms with Crippen LogP contribution in [0, 0.1) is 0 Å². The number of halogens is 1. The molecule has 4 aromatic rings. The van der Waals surface area contributed by atoms with E-state index in [0.29, 0.717) is 14.5 Å². The van der Waals surface area contributed by atoms with Crippen LogP contribution in [0.5, 0.6) is 0 Å². The Labute approximate surface area is 169 Å². The summed E-state index contributed by atoms with van der Waals surface area (Å²) in [5.74, 6) is 0. The molecule has 1 heterocycles. The Kier molecular flexibility index (Phi) is 5.47. The topological polar surface area (TPSA) is 0 Å². The van der Waals surface area contributed by atoms with Crippen molar-refractivity contribution >= 4 is 54.3 Å². The average Bonchev–Trinajstić information content (AvgIpc) is 3.09. The molecular weight excluding hydrogens is 506 g/mol. The van der Waals surface area contributed by atoms with Crippen LogP contribution in [0.4, 0.5) is 0 Å².